The van der Waals surface area contributed by atoms with Gasteiger partial charge in [0.15, 0.2) is 5.96 Å². The van der Waals surface area contributed by atoms with Gasteiger partial charge in [0.1, 0.15) is 5.75 Å². The van der Waals surface area contributed by atoms with E-state index in [4.69, 9.17) is 4.74 Å². The summed E-state index contributed by atoms with van der Waals surface area (Å²) in [5, 5.41) is 6.56. The molecule has 0 bridgehead atoms. The quantitative estimate of drug-likeness (QED) is 0.277. The number of aromatic nitrogens is 1. The fourth-order valence-electron chi connectivity index (χ4n) is 2.10. The van der Waals surface area contributed by atoms with Gasteiger partial charge in [0.05, 0.1) is 18.8 Å². The first kappa shape index (κ1) is 21.2. The molecule has 0 aliphatic heterocycles. The summed E-state index contributed by atoms with van der Waals surface area (Å²) in [6.45, 7) is 7.00. The van der Waals surface area contributed by atoms with Crippen molar-refractivity contribution in [2.45, 2.75) is 26.8 Å². The topological polar surface area (TPSA) is 58.5 Å². The first-order chi connectivity index (χ1) is 11.8. The molecule has 1 aromatic carbocycles. The Balaban J connectivity index is 0.00000312. The van der Waals surface area contributed by atoms with E-state index in [9.17, 15) is 0 Å². The van der Waals surface area contributed by atoms with E-state index in [2.05, 4.69) is 46.6 Å². The van der Waals surface area contributed by atoms with Crippen molar-refractivity contribution in [2.75, 3.05) is 19.7 Å². The largest absolute Gasteiger partial charge is 0.494 e. The molecule has 0 radical (unpaired) electrons. The molecule has 2 aromatic rings. The summed E-state index contributed by atoms with van der Waals surface area (Å²) in [7, 11) is 0. The van der Waals surface area contributed by atoms with Crippen LogP contribution in [0.4, 0.5) is 0 Å². The lowest BCUT2D eigenvalue weighted by Crippen LogP contribution is -2.38. The Hall–Kier alpha value is -1.83. The zero-order chi connectivity index (χ0) is 17.0. The van der Waals surface area contributed by atoms with Crippen LogP contribution in [0.3, 0.4) is 0 Å². The van der Waals surface area contributed by atoms with Crippen LogP contribution in [-0.4, -0.2) is 30.6 Å². The molecule has 5 nitrogen and oxygen atoms in total. The van der Waals surface area contributed by atoms with E-state index in [1.165, 1.54) is 5.56 Å². The van der Waals surface area contributed by atoms with E-state index in [1.807, 2.05) is 30.3 Å². The number of nitrogens with one attached hydrogen (secondary N) is 2. The summed E-state index contributed by atoms with van der Waals surface area (Å²) in [6.07, 6.45) is 2.69. The molecule has 0 spiro atoms. The molecule has 0 saturated heterocycles. The molecule has 0 amide bonds. The van der Waals surface area contributed by atoms with E-state index in [0.717, 1.165) is 36.9 Å². The molecule has 0 atom stereocenters. The van der Waals surface area contributed by atoms with Crippen molar-refractivity contribution in [1.82, 2.24) is 15.6 Å². The van der Waals surface area contributed by atoms with Gasteiger partial charge >= 0.3 is 0 Å². The molecular formula is C19H27IN4O. The number of nitrogens with zero attached hydrogens (tertiary/aromatic N) is 2. The molecule has 25 heavy (non-hydrogen) atoms. The Morgan fingerprint density at radius 1 is 1.12 bits per heavy atom. The maximum absolute atomic E-state index is 5.72. The third-order valence-electron chi connectivity index (χ3n) is 3.37. The second kappa shape index (κ2) is 12.5. The Labute approximate surface area is 167 Å². The molecule has 0 aliphatic rings. The SMILES string of the molecule is CCNC(=NCc1ccccn1)NCCCOc1ccc(C)cc1.I. The fourth-order valence-corrected chi connectivity index (χ4v) is 2.10. The third-order valence-corrected chi connectivity index (χ3v) is 3.37. The summed E-state index contributed by atoms with van der Waals surface area (Å²) >= 11 is 0. The van der Waals surface area contributed by atoms with Gasteiger partial charge in [0.2, 0.25) is 0 Å². The second-order valence-electron chi connectivity index (χ2n) is 5.46. The Bertz CT molecular complexity index is 617. The van der Waals surface area contributed by atoms with Gasteiger partial charge in [0.25, 0.3) is 0 Å². The highest BCUT2D eigenvalue weighted by Crippen LogP contribution is 2.11. The molecule has 0 saturated carbocycles. The lowest BCUT2D eigenvalue weighted by molar-refractivity contribution is 0.311. The third kappa shape index (κ3) is 8.72. The maximum Gasteiger partial charge on any atom is 0.191 e. The number of hydrogen-bond donors (Lipinski definition) is 2. The molecule has 1 aromatic heterocycles. The van der Waals surface area contributed by atoms with Crippen LogP contribution in [0, 0.1) is 6.92 Å². The number of aryl methyl sites for hydroxylation is 1. The minimum absolute atomic E-state index is 0. The summed E-state index contributed by atoms with van der Waals surface area (Å²) in [5.41, 5.74) is 2.20. The Morgan fingerprint density at radius 2 is 1.92 bits per heavy atom. The van der Waals surface area contributed by atoms with Crippen molar-refractivity contribution >= 4 is 29.9 Å². The van der Waals surface area contributed by atoms with Crippen LogP contribution in [0.2, 0.25) is 0 Å². The highest BCUT2D eigenvalue weighted by Gasteiger charge is 1.98. The van der Waals surface area contributed by atoms with Gasteiger partial charge in [-0.25, -0.2) is 4.99 Å². The smallest absolute Gasteiger partial charge is 0.191 e. The van der Waals surface area contributed by atoms with Crippen LogP contribution in [0.25, 0.3) is 0 Å². The normalized spacial score (nSPS) is 10.7. The summed E-state index contributed by atoms with van der Waals surface area (Å²) in [4.78, 5) is 8.82. The van der Waals surface area contributed by atoms with Crippen LogP contribution >= 0.6 is 24.0 Å². The average molecular weight is 454 g/mol. The number of benzene rings is 1. The van der Waals surface area contributed by atoms with Crippen LogP contribution < -0.4 is 15.4 Å². The lowest BCUT2D eigenvalue weighted by atomic mass is 10.2. The molecule has 1 heterocycles. The van der Waals surface area contributed by atoms with Crippen molar-refractivity contribution < 1.29 is 4.74 Å². The summed E-state index contributed by atoms with van der Waals surface area (Å²) < 4.78 is 5.72. The van der Waals surface area contributed by atoms with Crippen molar-refractivity contribution in [3.63, 3.8) is 0 Å². The van der Waals surface area contributed by atoms with E-state index in [1.54, 1.807) is 6.20 Å². The monoisotopic (exact) mass is 454 g/mol. The zero-order valence-electron chi connectivity index (χ0n) is 14.9. The van der Waals surface area contributed by atoms with E-state index in [-0.39, 0.29) is 24.0 Å². The van der Waals surface area contributed by atoms with E-state index < -0.39 is 0 Å². The minimum atomic E-state index is 0. The molecule has 0 fully saturated rings. The van der Waals surface area contributed by atoms with Crippen LogP contribution in [-0.2, 0) is 6.54 Å². The first-order valence-corrected chi connectivity index (χ1v) is 8.39. The van der Waals surface area contributed by atoms with Crippen LogP contribution in [0.15, 0.2) is 53.7 Å². The second-order valence-corrected chi connectivity index (χ2v) is 5.46. The number of pyridine rings is 1. The maximum atomic E-state index is 5.72. The van der Waals surface area contributed by atoms with Crippen LogP contribution in [0.1, 0.15) is 24.6 Å². The summed E-state index contributed by atoms with van der Waals surface area (Å²) in [5.74, 6) is 1.72. The standard InChI is InChI=1S/C19H26N4O.HI/c1-3-20-19(23-15-17-7-4-5-12-21-17)22-13-6-14-24-18-10-8-16(2)9-11-18;/h4-5,7-12H,3,6,13-15H2,1-2H3,(H2,20,22,23);1H. The molecule has 2 N–H and O–H groups in total. The molecule has 0 unspecified atom stereocenters. The highest BCUT2D eigenvalue weighted by atomic mass is 127. The van der Waals surface area contributed by atoms with Gasteiger partial charge in [-0.05, 0) is 44.5 Å². The van der Waals surface area contributed by atoms with Crippen LogP contribution in [0.5, 0.6) is 5.75 Å². The number of ether oxygens (including phenoxy) is 1. The Kier molecular flexibility index (Phi) is 10.6. The fraction of sp³-hybridized carbons (Fsp3) is 0.368. The number of rotatable bonds is 8. The first-order valence-electron chi connectivity index (χ1n) is 8.39. The predicted octanol–water partition coefficient (Wildman–Crippen LogP) is 3.53. The molecule has 2 rings (SSSR count). The highest BCUT2D eigenvalue weighted by molar-refractivity contribution is 14.0. The predicted molar refractivity (Wildman–Crippen MR) is 114 cm³/mol. The number of guanidine groups is 1. The van der Waals surface area contributed by atoms with Gasteiger partial charge in [-0.3, -0.25) is 4.98 Å². The summed E-state index contributed by atoms with van der Waals surface area (Å²) in [6, 6.07) is 14.0. The van der Waals surface area contributed by atoms with Gasteiger partial charge < -0.3 is 15.4 Å². The van der Waals surface area contributed by atoms with Gasteiger partial charge in [-0.1, -0.05) is 23.8 Å². The number of hydrogen-bond acceptors (Lipinski definition) is 3. The lowest BCUT2D eigenvalue weighted by Gasteiger charge is -2.11. The molecule has 136 valence electrons. The minimum Gasteiger partial charge on any atom is -0.494 e. The van der Waals surface area contributed by atoms with E-state index >= 15 is 0 Å². The van der Waals surface area contributed by atoms with E-state index in [0.29, 0.717) is 13.2 Å². The number of halogens is 1. The average Bonchev–Trinajstić information content (AvgIpc) is 2.62. The molecule has 6 heteroatoms. The Morgan fingerprint density at radius 3 is 2.60 bits per heavy atom. The van der Waals surface area contributed by atoms with Gasteiger partial charge in [-0.2, -0.15) is 0 Å². The number of aliphatic imine (C=N–C) groups is 1. The molecule has 0 aliphatic carbocycles. The molecular weight excluding hydrogens is 427 g/mol. The zero-order valence-corrected chi connectivity index (χ0v) is 17.2. The van der Waals surface area contributed by atoms with Gasteiger partial charge in [0, 0.05) is 19.3 Å². The van der Waals surface area contributed by atoms with Crippen molar-refractivity contribution in [2.24, 2.45) is 4.99 Å². The van der Waals surface area contributed by atoms with Crippen molar-refractivity contribution in [1.29, 1.82) is 0 Å². The van der Waals surface area contributed by atoms with Gasteiger partial charge in [-0.15, -0.1) is 24.0 Å². The van der Waals surface area contributed by atoms with Crippen molar-refractivity contribution in [3.05, 3.63) is 59.9 Å². The van der Waals surface area contributed by atoms with Crippen molar-refractivity contribution in [3.8, 4) is 5.75 Å².